The van der Waals surface area contributed by atoms with Crippen molar-refractivity contribution >= 4 is 5.91 Å². The van der Waals surface area contributed by atoms with Gasteiger partial charge in [0.05, 0.1) is 33.0 Å². The highest BCUT2D eigenvalue weighted by molar-refractivity contribution is 5.81. The maximum Gasteiger partial charge on any atom is 0.237 e. The first-order chi connectivity index (χ1) is 11.2. The minimum absolute atomic E-state index is 0.208. The molecule has 1 amide bonds. The van der Waals surface area contributed by atoms with Crippen molar-refractivity contribution in [3.63, 3.8) is 0 Å². The summed E-state index contributed by atoms with van der Waals surface area (Å²) in [6, 6.07) is 6.89. The van der Waals surface area contributed by atoms with Crippen LogP contribution >= 0.6 is 0 Å². The summed E-state index contributed by atoms with van der Waals surface area (Å²) in [5.41, 5.74) is 6.86. The normalized spacial score (nSPS) is 11.5. The van der Waals surface area contributed by atoms with Crippen molar-refractivity contribution in [3.8, 4) is 18.1 Å². The molecule has 23 heavy (non-hydrogen) atoms. The van der Waals surface area contributed by atoms with Crippen molar-refractivity contribution in [2.45, 2.75) is 12.5 Å². The number of nitrogens with two attached hydrogens (primary N) is 1. The fourth-order valence-electron chi connectivity index (χ4n) is 1.87. The number of rotatable bonds is 11. The summed E-state index contributed by atoms with van der Waals surface area (Å²) in [6.45, 7) is 1.96. The Hall–Kier alpha value is -2.07. The van der Waals surface area contributed by atoms with E-state index in [9.17, 15) is 4.79 Å². The molecule has 0 fully saturated rings. The molecule has 126 valence electrons. The summed E-state index contributed by atoms with van der Waals surface area (Å²) < 4.78 is 15.5. The number of carbonyl (C=O) groups excluding carboxylic acids is 1. The van der Waals surface area contributed by atoms with Crippen LogP contribution < -0.4 is 15.8 Å². The van der Waals surface area contributed by atoms with Crippen LogP contribution in [0.25, 0.3) is 0 Å². The Kier molecular flexibility index (Phi) is 9.48. The van der Waals surface area contributed by atoms with Gasteiger partial charge in [-0.2, -0.15) is 0 Å². The minimum atomic E-state index is -0.610. The second kappa shape index (κ2) is 11.5. The van der Waals surface area contributed by atoms with Crippen LogP contribution in [0.4, 0.5) is 0 Å². The van der Waals surface area contributed by atoms with Crippen LogP contribution in [0.5, 0.6) is 5.75 Å². The van der Waals surface area contributed by atoms with Gasteiger partial charge in [-0.15, -0.1) is 6.42 Å². The topological polar surface area (TPSA) is 82.8 Å². The van der Waals surface area contributed by atoms with Gasteiger partial charge in [0.15, 0.2) is 0 Å². The van der Waals surface area contributed by atoms with Crippen molar-refractivity contribution in [2.75, 3.05) is 40.1 Å². The molecule has 0 aliphatic heterocycles. The lowest BCUT2D eigenvalue weighted by Crippen LogP contribution is -2.43. The Labute approximate surface area is 137 Å². The van der Waals surface area contributed by atoms with Crippen LogP contribution in [-0.2, 0) is 20.7 Å². The Morgan fingerprint density at radius 1 is 1.35 bits per heavy atom. The molecule has 0 bridgehead atoms. The molecule has 1 atom stereocenters. The molecule has 1 rings (SSSR count). The zero-order valence-electron chi connectivity index (χ0n) is 13.4. The monoisotopic (exact) mass is 320 g/mol. The highest BCUT2D eigenvalue weighted by Crippen LogP contribution is 2.13. The van der Waals surface area contributed by atoms with E-state index in [1.807, 2.05) is 24.3 Å². The molecule has 1 aromatic rings. The number of methoxy groups -OCH3 is 1. The van der Waals surface area contributed by atoms with Gasteiger partial charge >= 0.3 is 0 Å². The Morgan fingerprint density at radius 3 is 2.87 bits per heavy atom. The predicted molar refractivity (Wildman–Crippen MR) is 88.2 cm³/mol. The molecule has 0 heterocycles. The summed E-state index contributed by atoms with van der Waals surface area (Å²) in [7, 11) is 1.60. The lowest BCUT2D eigenvalue weighted by molar-refractivity contribution is -0.122. The van der Waals surface area contributed by atoms with E-state index in [1.54, 1.807) is 7.11 Å². The van der Waals surface area contributed by atoms with Gasteiger partial charge in [-0.3, -0.25) is 4.79 Å². The standard InChI is InChI=1S/C17H24N2O4/c1-3-8-22-10-11-23-9-7-19-17(20)16(18)13-14-5-4-6-15(12-14)21-2/h1,4-6,12,16H,7-11,13,18H2,2H3,(H,19,20)/t16-/m0/s1. The van der Waals surface area contributed by atoms with Crippen LogP contribution in [0.1, 0.15) is 5.56 Å². The van der Waals surface area contributed by atoms with Crippen molar-refractivity contribution in [1.82, 2.24) is 5.32 Å². The number of terminal acetylenes is 1. The van der Waals surface area contributed by atoms with E-state index in [1.165, 1.54) is 0 Å². The van der Waals surface area contributed by atoms with E-state index in [0.717, 1.165) is 11.3 Å². The van der Waals surface area contributed by atoms with E-state index >= 15 is 0 Å². The number of benzene rings is 1. The molecule has 6 nitrogen and oxygen atoms in total. The van der Waals surface area contributed by atoms with Crippen LogP contribution in [0.2, 0.25) is 0 Å². The van der Waals surface area contributed by atoms with Gasteiger partial charge in [0.2, 0.25) is 5.91 Å². The average Bonchev–Trinajstić information content (AvgIpc) is 2.57. The molecule has 0 aliphatic rings. The molecule has 0 radical (unpaired) electrons. The van der Waals surface area contributed by atoms with Gasteiger partial charge in [-0.05, 0) is 24.1 Å². The first kappa shape index (κ1) is 19.0. The number of amides is 1. The van der Waals surface area contributed by atoms with E-state index in [4.69, 9.17) is 26.4 Å². The molecule has 0 aliphatic carbocycles. The van der Waals surface area contributed by atoms with Crippen molar-refractivity contribution in [3.05, 3.63) is 29.8 Å². The average molecular weight is 320 g/mol. The summed E-state index contributed by atoms with van der Waals surface area (Å²) in [5.74, 6) is 2.91. The molecular formula is C17H24N2O4. The maximum absolute atomic E-state index is 11.9. The van der Waals surface area contributed by atoms with E-state index in [0.29, 0.717) is 32.8 Å². The first-order valence-corrected chi connectivity index (χ1v) is 7.42. The second-order valence-electron chi connectivity index (χ2n) is 4.82. The number of nitrogens with one attached hydrogen (secondary N) is 1. The number of ether oxygens (including phenoxy) is 3. The third-order valence-corrected chi connectivity index (χ3v) is 3.03. The Balaban J connectivity index is 2.17. The van der Waals surface area contributed by atoms with Crippen molar-refractivity contribution in [1.29, 1.82) is 0 Å². The summed E-state index contributed by atoms with van der Waals surface area (Å²) >= 11 is 0. The number of hydrogen-bond acceptors (Lipinski definition) is 5. The molecule has 3 N–H and O–H groups in total. The summed E-state index contributed by atoms with van der Waals surface area (Å²) in [5, 5.41) is 2.74. The summed E-state index contributed by atoms with van der Waals surface area (Å²) in [6.07, 6.45) is 5.49. The largest absolute Gasteiger partial charge is 0.497 e. The first-order valence-electron chi connectivity index (χ1n) is 7.42. The smallest absolute Gasteiger partial charge is 0.237 e. The van der Waals surface area contributed by atoms with E-state index < -0.39 is 6.04 Å². The number of carbonyl (C=O) groups is 1. The Bertz CT molecular complexity index is 514. The van der Waals surface area contributed by atoms with Crippen LogP contribution in [0, 0.1) is 12.3 Å². The Morgan fingerprint density at radius 2 is 2.13 bits per heavy atom. The minimum Gasteiger partial charge on any atom is -0.497 e. The molecular weight excluding hydrogens is 296 g/mol. The van der Waals surface area contributed by atoms with E-state index in [2.05, 4.69) is 11.2 Å². The van der Waals surface area contributed by atoms with Crippen LogP contribution in [0.15, 0.2) is 24.3 Å². The lowest BCUT2D eigenvalue weighted by Gasteiger charge is -2.13. The predicted octanol–water partition coefficient (Wildman–Crippen LogP) is 0.348. The molecule has 0 spiro atoms. The highest BCUT2D eigenvalue weighted by Gasteiger charge is 2.13. The summed E-state index contributed by atoms with van der Waals surface area (Å²) in [4.78, 5) is 11.9. The molecule has 0 saturated carbocycles. The van der Waals surface area contributed by atoms with Crippen molar-refractivity contribution < 1.29 is 19.0 Å². The zero-order valence-corrected chi connectivity index (χ0v) is 13.4. The van der Waals surface area contributed by atoms with Crippen LogP contribution in [0.3, 0.4) is 0 Å². The third-order valence-electron chi connectivity index (χ3n) is 3.03. The highest BCUT2D eigenvalue weighted by atomic mass is 16.5. The van der Waals surface area contributed by atoms with E-state index in [-0.39, 0.29) is 12.5 Å². The lowest BCUT2D eigenvalue weighted by atomic mass is 10.1. The van der Waals surface area contributed by atoms with Gasteiger partial charge in [0, 0.05) is 6.54 Å². The van der Waals surface area contributed by atoms with Gasteiger partial charge < -0.3 is 25.3 Å². The quantitative estimate of drug-likeness (QED) is 0.454. The van der Waals surface area contributed by atoms with Crippen molar-refractivity contribution in [2.24, 2.45) is 5.73 Å². The fourth-order valence-corrected chi connectivity index (χ4v) is 1.87. The molecule has 0 unspecified atom stereocenters. The molecule has 1 aromatic carbocycles. The third kappa shape index (κ3) is 8.21. The fraction of sp³-hybridized carbons (Fsp3) is 0.471. The molecule has 0 saturated heterocycles. The molecule has 0 aromatic heterocycles. The zero-order chi connectivity index (χ0) is 16.9. The molecule has 6 heteroatoms. The number of hydrogen-bond donors (Lipinski definition) is 2. The van der Waals surface area contributed by atoms with Gasteiger partial charge in [-0.25, -0.2) is 0 Å². The SMILES string of the molecule is C#CCOCCOCCNC(=O)[C@@H](N)Cc1cccc(OC)c1. The van der Waals surface area contributed by atoms with Gasteiger partial charge in [0.25, 0.3) is 0 Å². The van der Waals surface area contributed by atoms with Gasteiger partial charge in [0.1, 0.15) is 12.4 Å². The van der Waals surface area contributed by atoms with Crippen LogP contribution in [-0.4, -0.2) is 52.0 Å². The van der Waals surface area contributed by atoms with Gasteiger partial charge in [-0.1, -0.05) is 18.1 Å². The maximum atomic E-state index is 11.9. The second-order valence-corrected chi connectivity index (χ2v) is 4.82.